The number of alkyl halides is 3. The highest BCUT2D eigenvalue weighted by molar-refractivity contribution is 5.94. The fourth-order valence-corrected chi connectivity index (χ4v) is 7.79. The Balaban J connectivity index is 1.07. The van der Waals surface area contributed by atoms with Gasteiger partial charge in [0.1, 0.15) is 11.4 Å². The summed E-state index contributed by atoms with van der Waals surface area (Å²) in [6.45, 7) is 5.31. The van der Waals surface area contributed by atoms with Crippen LogP contribution in [0.2, 0.25) is 0 Å². The molecule has 0 unspecified atom stereocenters. The van der Waals surface area contributed by atoms with Gasteiger partial charge in [-0.05, 0) is 95.8 Å². The Hall–Kier alpha value is -3.49. The summed E-state index contributed by atoms with van der Waals surface area (Å²) in [7, 11) is 3.90. The lowest BCUT2D eigenvalue weighted by atomic mass is 9.89. The summed E-state index contributed by atoms with van der Waals surface area (Å²) < 4.78 is 47.7. The van der Waals surface area contributed by atoms with Crippen LogP contribution in [0, 0.1) is 5.92 Å². The van der Waals surface area contributed by atoms with Crippen molar-refractivity contribution in [3.8, 4) is 0 Å². The summed E-state index contributed by atoms with van der Waals surface area (Å²) in [6, 6.07) is 7.04. The largest absolute Gasteiger partial charge is 0.421 e. The van der Waals surface area contributed by atoms with Crippen LogP contribution in [0.5, 0.6) is 0 Å². The van der Waals surface area contributed by atoms with Gasteiger partial charge in [-0.3, -0.25) is 14.5 Å². The molecule has 6 rings (SSSR count). The number of carbonyl (C=O) groups excluding carboxylic acids is 2. The zero-order valence-corrected chi connectivity index (χ0v) is 28.5. The monoisotopic (exact) mass is 686 g/mol. The van der Waals surface area contributed by atoms with E-state index in [0.717, 1.165) is 90.5 Å². The molecule has 11 nitrogen and oxygen atoms in total. The second-order valence-electron chi connectivity index (χ2n) is 14.1. The summed E-state index contributed by atoms with van der Waals surface area (Å²) in [4.78, 5) is 41.3. The van der Waals surface area contributed by atoms with E-state index in [9.17, 15) is 22.8 Å². The molecule has 2 aromatic rings. The van der Waals surface area contributed by atoms with Crippen LogP contribution in [-0.2, 0) is 15.7 Å². The van der Waals surface area contributed by atoms with E-state index in [0.29, 0.717) is 30.1 Å². The molecule has 0 radical (unpaired) electrons. The van der Waals surface area contributed by atoms with Crippen molar-refractivity contribution in [3.63, 3.8) is 0 Å². The zero-order chi connectivity index (χ0) is 34.5. The van der Waals surface area contributed by atoms with Gasteiger partial charge in [0.15, 0.2) is 0 Å². The first kappa shape index (κ1) is 35.3. The maximum absolute atomic E-state index is 14.1. The number of likely N-dealkylation sites (tertiary alicyclic amines) is 1. The Morgan fingerprint density at radius 3 is 2.31 bits per heavy atom. The number of morpholine rings is 1. The van der Waals surface area contributed by atoms with Gasteiger partial charge in [-0.1, -0.05) is 6.42 Å². The predicted molar refractivity (Wildman–Crippen MR) is 181 cm³/mol. The maximum atomic E-state index is 14.1. The van der Waals surface area contributed by atoms with Crippen LogP contribution in [0.15, 0.2) is 30.5 Å². The molecule has 14 heteroatoms. The van der Waals surface area contributed by atoms with E-state index in [1.807, 2.05) is 7.05 Å². The molecule has 2 amide bonds. The van der Waals surface area contributed by atoms with Gasteiger partial charge in [-0.2, -0.15) is 18.2 Å². The summed E-state index contributed by atoms with van der Waals surface area (Å²) in [5.74, 6) is -1.01. The normalized spacial score (nSPS) is 25.9. The molecule has 3 N–H and O–H groups in total. The minimum Gasteiger partial charge on any atom is -0.379 e. The van der Waals surface area contributed by atoms with Gasteiger partial charge in [-0.25, -0.2) is 4.98 Å². The summed E-state index contributed by atoms with van der Waals surface area (Å²) in [6.07, 6.45) is 3.62. The maximum Gasteiger partial charge on any atom is 0.421 e. The number of amides is 2. The minimum absolute atomic E-state index is 0.0194. The van der Waals surface area contributed by atoms with Crippen LogP contribution in [0.4, 0.5) is 30.6 Å². The number of nitrogens with one attached hydrogen (secondary N) is 3. The van der Waals surface area contributed by atoms with Crippen LogP contribution in [0.1, 0.15) is 73.7 Å². The first-order valence-electron chi connectivity index (χ1n) is 17.7. The van der Waals surface area contributed by atoms with Gasteiger partial charge in [0.25, 0.3) is 5.91 Å². The van der Waals surface area contributed by atoms with E-state index in [4.69, 9.17) is 4.74 Å². The minimum atomic E-state index is -4.68. The molecule has 268 valence electrons. The molecule has 0 spiro atoms. The molecule has 1 aromatic carbocycles. The average molecular weight is 687 g/mol. The molecule has 0 bridgehead atoms. The fraction of sp³-hybridized carbons (Fsp3) is 0.657. The Morgan fingerprint density at radius 1 is 0.939 bits per heavy atom. The number of hydrogen-bond donors (Lipinski definition) is 3. The molecule has 3 heterocycles. The van der Waals surface area contributed by atoms with Crippen molar-refractivity contribution >= 4 is 29.3 Å². The molecule has 2 aliphatic heterocycles. The molecule has 4 aliphatic rings. The number of rotatable bonds is 9. The quantitative estimate of drug-likeness (QED) is 0.344. The first-order valence-corrected chi connectivity index (χ1v) is 17.7. The highest BCUT2D eigenvalue weighted by Gasteiger charge is 2.39. The van der Waals surface area contributed by atoms with Crippen LogP contribution in [0.3, 0.4) is 0 Å². The second kappa shape index (κ2) is 15.6. The molecule has 4 fully saturated rings. The third-order valence-electron chi connectivity index (χ3n) is 10.8. The lowest BCUT2D eigenvalue weighted by Gasteiger charge is -2.39. The van der Waals surface area contributed by atoms with Gasteiger partial charge < -0.3 is 30.5 Å². The van der Waals surface area contributed by atoms with Crippen LogP contribution in [0.25, 0.3) is 0 Å². The highest BCUT2D eigenvalue weighted by atomic mass is 19.4. The molecular weight excluding hydrogens is 637 g/mol. The number of hydrogen-bond acceptors (Lipinski definition) is 9. The van der Waals surface area contributed by atoms with E-state index < -0.39 is 23.7 Å². The third-order valence-corrected chi connectivity index (χ3v) is 10.8. The van der Waals surface area contributed by atoms with E-state index in [2.05, 4.69) is 42.8 Å². The summed E-state index contributed by atoms with van der Waals surface area (Å²) in [5.41, 5.74) is 0.0764. The molecule has 2 saturated carbocycles. The number of anilines is 3. The van der Waals surface area contributed by atoms with Crippen molar-refractivity contribution in [1.29, 1.82) is 0 Å². The van der Waals surface area contributed by atoms with Gasteiger partial charge in [0, 0.05) is 61.8 Å². The number of benzene rings is 1. The van der Waals surface area contributed by atoms with Crippen LogP contribution < -0.4 is 16.0 Å². The van der Waals surface area contributed by atoms with Gasteiger partial charge >= 0.3 is 6.18 Å². The van der Waals surface area contributed by atoms with E-state index >= 15 is 0 Å². The van der Waals surface area contributed by atoms with Crippen LogP contribution >= 0.6 is 0 Å². The number of carbonyl (C=O) groups is 2. The lowest BCUT2D eigenvalue weighted by molar-refractivity contribution is -0.137. The number of ether oxygens (including phenoxy) is 1. The smallest absolute Gasteiger partial charge is 0.379 e. The van der Waals surface area contributed by atoms with E-state index in [1.165, 1.54) is 0 Å². The molecule has 2 aliphatic carbocycles. The van der Waals surface area contributed by atoms with Crippen LogP contribution in [-0.4, -0.2) is 114 Å². The number of nitrogens with zero attached hydrogens (tertiary/aromatic N) is 5. The summed E-state index contributed by atoms with van der Waals surface area (Å²) in [5, 5.41) is 9.17. The molecular formula is C35H49F3N8O3. The van der Waals surface area contributed by atoms with Gasteiger partial charge in [0.05, 0.1) is 19.1 Å². The van der Waals surface area contributed by atoms with Gasteiger partial charge in [-0.15, -0.1) is 0 Å². The van der Waals surface area contributed by atoms with E-state index in [-0.39, 0.29) is 35.7 Å². The van der Waals surface area contributed by atoms with E-state index in [1.54, 1.807) is 29.2 Å². The Kier molecular flexibility index (Phi) is 11.2. The number of aromatic nitrogens is 2. The predicted octanol–water partition coefficient (Wildman–Crippen LogP) is 4.75. The third kappa shape index (κ3) is 8.82. The highest BCUT2D eigenvalue weighted by Crippen LogP contribution is 2.37. The lowest BCUT2D eigenvalue weighted by Crippen LogP contribution is -2.49. The molecule has 2 saturated heterocycles. The van der Waals surface area contributed by atoms with Crippen molar-refractivity contribution in [3.05, 3.63) is 41.6 Å². The summed E-state index contributed by atoms with van der Waals surface area (Å²) >= 11 is 0. The van der Waals surface area contributed by atoms with Crippen molar-refractivity contribution in [2.24, 2.45) is 5.92 Å². The average Bonchev–Trinajstić information content (AvgIpc) is 3.57. The Labute approximate surface area is 286 Å². The first-order chi connectivity index (χ1) is 23.5. The number of halogens is 3. The molecule has 1 aromatic heterocycles. The Bertz CT molecular complexity index is 1420. The van der Waals surface area contributed by atoms with Crippen molar-refractivity contribution < 1.29 is 27.5 Å². The van der Waals surface area contributed by atoms with Gasteiger partial charge in [0.2, 0.25) is 11.9 Å². The van der Waals surface area contributed by atoms with Crippen molar-refractivity contribution in [1.82, 2.24) is 30.0 Å². The fourth-order valence-electron chi connectivity index (χ4n) is 7.79. The number of piperidine rings is 1. The molecule has 2 atom stereocenters. The van der Waals surface area contributed by atoms with Crippen molar-refractivity contribution in [2.45, 2.75) is 88.1 Å². The topological polar surface area (TPSA) is 115 Å². The van der Waals surface area contributed by atoms with Crippen molar-refractivity contribution in [2.75, 3.05) is 64.1 Å². The standard InChI is InChI=1S/C35H49F3N8O3/c1-44-16-14-26(15-17-44)45(2)33(48)23-6-8-25(9-7-23)41-34-39-22-29(35(36,37)38)31(43-34)42-30-5-3-4-28(30)32(47)40-24-10-12-27(13-11-24)46-18-20-49-21-19-46/h6-9,22,24,26-28,30H,3-5,10-21H2,1-2H3,(H,40,47)(H2,39,41,42,43)/t24-,27-,28-,30+/m0/s1. The second-order valence-corrected chi connectivity index (χ2v) is 14.1. The zero-order valence-electron chi connectivity index (χ0n) is 28.5. The SMILES string of the molecule is CN1CCC(N(C)C(=O)c2ccc(Nc3ncc(C(F)(F)F)c(N[C@@H]4CCC[C@@H]4C(=O)N[C@H]4CC[C@H](N5CCOCC5)CC4)n3)cc2)CC1. The Morgan fingerprint density at radius 2 is 1.63 bits per heavy atom. The molecule has 49 heavy (non-hydrogen) atoms.